The molecule has 2 heterocycles. The highest BCUT2D eigenvalue weighted by Crippen LogP contribution is 2.53. The van der Waals surface area contributed by atoms with Gasteiger partial charge in [-0.2, -0.15) is 0 Å². The van der Waals surface area contributed by atoms with E-state index < -0.39 is 5.97 Å². The average molecular weight is 488 g/mol. The third-order valence-electron chi connectivity index (χ3n) is 8.62. The van der Waals surface area contributed by atoms with Crippen LogP contribution in [0.15, 0.2) is 91.0 Å². The molecule has 0 saturated carbocycles. The number of nitrogens with zero attached hydrogens (tertiary/aromatic N) is 1. The summed E-state index contributed by atoms with van der Waals surface area (Å²) in [6.07, 6.45) is 11.3. The van der Waals surface area contributed by atoms with E-state index in [1.807, 2.05) is 48.5 Å². The zero-order valence-electron chi connectivity index (χ0n) is 20.7. The maximum atomic E-state index is 13.4. The summed E-state index contributed by atoms with van der Waals surface area (Å²) < 4.78 is 5.64. The van der Waals surface area contributed by atoms with Crippen molar-refractivity contribution in [3.05, 3.63) is 113 Å². The van der Waals surface area contributed by atoms with Crippen molar-refractivity contribution < 1.29 is 14.3 Å². The summed E-state index contributed by atoms with van der Waals surface area (Å²) in [6.45, 7) is 1.81. The minimum absolute atomic E-state index is 0.196. The van der Waals surface area contributed by atoms with Crippen molar-refractivity contribution in [2.24, 2.45) is 11.8 Å². The number of fused-ring (bicyclic) bond motifs is 4. The molecule has 4 heteroatoms. The standard InChI is InChI=1S/C33H29NO3/c35-30(23-14-12-22(13-15-23)21-6-2-1-3-7-21)20-37-33(36)29-17-16-28-26-10-4-8-24(26)18-34-19-25-9-5-11-27(25)31(29)32(28)34/h1-7,10-17,24-27H,8-9,18-20H2/t24-,25-,26-,27-/m1/s1. The van der Waals surface area contributed by atoms with Crippen LogP contribution >= 0.6 is 0 Å². The molecule has 0 fully saturated rings. The van der Waals surface area contributed by atoms with E-state index in [4.69, 9.17) is 4.74 Å². The molecule has 4 nitrogen and oxygen atoms in total. The number of carbonyl (C=O) groups excluding carboxylic acids is 2. The number of hydrogen-bond acceptors (Lipinski definition) is 4. The van der Waals surface area contributed by atoms with Gasteiger partial charge in [-0.25, -0.2) is 4.79 Å². The summed E-state index contributed by atoms with van der Waals surface area (Å²) in [5, 5.41) is 0. The van der Waals surface area contributed by atoms with Crippen LogP contribution in [0.5, 0.6) is 0 Å². The number of ketones is 1. The maximum Gasteiger partial charge on any atom is 0.338 e. The minimum Gasteiger partial charge on any atom is -0.454 e. The van der Waals surface area contributed by atoms with E-state index in [1.54, 1.807) is 12.1 Å². The molecule has 0 unspecified atom stereocenters. The average Bonchev–Trinajstić information content (AvgIpc) is 3.62. The molecule has 3 aromatic rings. The lowest BCUT2D eigenvalue weighted by molar-refractivity contribution is 0.0473. The highest BCUT2D eigenvalue weighted by atomic mass is 16.5. The first kappa shape index (κ1) is 22.3. The van der Waals surface area contributed by atoms with Gasteiger partial charge in [-0.05, 0) is 53.0 Å². The number of hydrogen-bond donors (Lipinski definition) is 0. The van der Waals surface area contributed by atoms with Gasteiger partial charge in [-0.15, -0.1) is 0 Å². The van der Waals surface area contributed by atoms with E-state index in [2.05, 4.69) is 35.3 Å². The largest absolute Gasteiger partial charge is 0.454 e. The fraction of sp³-hybridized carbons (Fsp3) is 0.273. The Kier molecular flexibility index (Phi) is 5.35. The van der Waals surface area contributed by atoms with Gasteiger partial charge in [0.2, 0.25) is 0 Å². The zero-order chi connectivity index (χ0) is 24.9. The van der Waals surface area contributed by atoms with Crippen LogP contribution in [0.1, 0.15) is 56.5 Å². The second kappa shape index (κ2) is 8.88. The quantitative estimate of drug-likeness (QED) is 0.233. The number of ether oxygens (including phenoxy) is 1. The predicted octanol–water partition coefficient (Wildman–Crippen LogP) is 6.55. The van der Waals surface area contributed by atoms with E-state index in [0.29, 0.717) is 28.9 Å². The molecule has 37 heavy (non-hydrogen) atoms. The zero-order valence-corrected chi connectivity index (χ0v) is 20.7. The van der Waals surface area contributed by atoms with Crippen molar-refractivity contribution in [1.29, 1.82) is 0 Å². The molecule has 3 aromatic carbocycles. The van der Waals surface area contributed by atoms with Gasteiger partial charge < -0.3 is 9.64 Å². The van der Waals surface area contributed by atoms with Crippen molar-refractivity contribution >= 4 is 17.4 Å². The van der Waals surface area contributed by atoms with Crippen LogP contribution in [0.2, 0.25) is 0 Å². The lowest BCUT2D eigenvalue weighted by atomic mass is 9.73. The summed E-state index contributed by atoms with van der Waals surface area (Å²) in [6, 6.07) is 21.6. The third kappa shape index (κ3) is 3.74. The van der Waals surface area contributed by atoms with Crippen LogP contribution in [0.3, 0.4) is 0 Å². The van der Waals surface area contributed by atoms with Gasteiger partial charge >= 0.3 is 5.97 Å². The lowest BCUT2D eigenvalue weighted by Gasteiger charge is -2.46. The number of Topliss-reactive ketones (excluding diaryl/α,β-unsaturated/α-hetero) is 1. The van der Waals surface area contributed by atoms with Crippen molar-refractivity contribution in [3.8, 4) is 11.1 Å². The molecule has 0 amide bonds. The SMILES string of the molecule is O=C(COC(=O)c1ccc2c3c1[C@@H]1C=CC[C@@H]1CN3C[C@H]1CC=C[C@@H]21)c1ccc(-c2ccccc2)cc1. The Morgan fingerprint density at radius 1 is 0.784 bits per heavy atom. The van der Waals surface area contributed by atoms with Gasteiger partial charge in [0.15, 0.2) is 12.4 Å². The van der Waals surface area contributed by atoms with Crippen molar-refractivity contribution in [1.82, 2.24) is 0 Å². The third-order valence-corrected chi connectivity index (χ3v) is 8.62. The van der Waals surface area contributed by atoms with E-state index in [9.17, 15) is 9.59 Å². The Balaban J connectivity index is 1.13. The molecule has 0 spiro atoms. The van der Waals surface area contributed by atoms with E-state index >= 15 is 0 Å². The lowest BCUT2D eigenvalue weighted by Crippen LogP contribution is -2.44. The van der Waals surface area contributed by atoms with Crippen molar-refractivity contribution in [3.63, 3.8) is 0 Å². The van der Waals surface area contributed by atoms with E-state index in [1.165, 1.54) is 11.3 Å². The Morgan fingerprint density at radius 3 is 2.22 bits per heavy atom. The van der Waals surface area contributed by atoms with Crippen LogP contribution in [0, 0.1) is 11.8 Å². The topological polar surface area (TPSA) is 46.6 Å². The first-order valence-corrected chi connectivity index (χ1v) is 13.3. The second-order valence-corrected chi connectivity index (χ2v) is 10.7. The number of rotatable bonds is 5. The molecule has 4 atom stereocenters. The molecule has 7 rings (SSSR count). The van der Waals surface area contributed by atoms with Crippen molar-refractivity contribution in [2.45, 2.75) is 24.7 Å². The summed E-state index contributed by atoms with van der Waals surface area (Å²) >= 11 is 0. The van der Waals surface area contributed by atoms with Crippen LogP contribution < -0.4 is 4.90 Å². The fourth-order valence-corrected chi connectivity index (χ4v) is 6.83. The Bertz CT molecular complexity index is 1430. The summed E-state index contributed by atoms with van der Waals surface area (Å²) in [5.74, 6) is 1.17. The molecule has 0 saturated heterocycles. The Labute approximate surface area is 217 Å². The molecule has 184 valence electrons. The molecule has 2 aliphatic carbocycles. The molecule has 0 radical (unpaired) electrons. The number of allylic oxidation sites excluding steroid dienone is 4. The van der Waals surface area contributed by atoms with Crippen LogP contribution in [-0.4, -0.2) is 31.4 Å². The smallest absolute Gasteiger partial charge is 0.338 e. The summed E-state index contributed by atoms with van der Waals surface area (Å²) in [7, 11) is 0. The van der Waals surface area contributed by atoms with Crippen LogP contribution in [0.4, 0.5) is 5.69 Å². The molecular formula is C33H29NO3. The summed E-state index contributed by atoms with van der Waals surface area (Å²) in [5.41, 5.74) is 6.97. The maximum absolute atomic E-state index is 13.4. The van der Waals surface area contributed by atoms with Gasteiger partial charge in [-0.3, -0.25) is 4.79 Å². The number of benzene rings is 3. The van der Waals surface area contributed by atoms with E-state index in [-0.39, 0.29) is 18.3 Å². The highest BCUT2D eigenvalue weighted by molar-refractivity contribution is 6.00. The van der Waals surface area contributed by atoms with Gasteiger partial charge in [0.25, 0.3) is 0 Å². The molecule has 0 aromatic heterocycles. The first-order valence-electron chi connectivity index (χ1n) is 13.3. The Morgan fingerprint density at radius 2 is 1.46 bits per heavy atom. The molecule has 0 N–H and O–H groups in total. The van der Waals surface area contributed by atoms with Crippen molar-refractivity contribution in [2.75, 3.05) is 24.6 Å². The van der Waals surface area contributed by atoms with Gasteiger partial charge in [-0.1, -0.05) is 85.0 Å². The van der Waals surface area contributed by atoms with E-state index in [0.717, 1.165) is 42.6 Å². The number of anilines is 1. The molecular weight excluding hydrogens is 458 g/mol. The van der Waals surface area contributed by atoms with Gasteiger partial charge in [0.1, 0.15) is 0 Å². The van der Waals surface area contributed by atoms with Gasteiger partial charge in [0, 0.05) is 36.2 Å². The number of esters is 1. The molecule has 4 aliphatic rings. The van der Waals surface area contributed by atoms with Crippen LogP contribution in [-0.2, 0) is 4.74 Å². The number of carbonyl (C=O) groups is 2. The van der Waals surface area contributed by atoms with Gasteiger partial charge in [0.05, 0.1) is 5.56 Å². The normalized spacial score (nSPS) is 24.4. The Hall–Kier alpha value is -3.92. The first-order chi connectivity index (χ1) is 18.2. The fourth-order valence-electron chi connectivity index (χ4n) is 6.83. The molecule has 0 bridgehead atoms. The predicted molar refractivity (Wildman–Crippen MR) is 145 cm³/mol. The molecule has 2 aliphatic heterocycles. The highest BCUT2D eigenvalue weighted by Gasteiger charge is 2.44. The van der Waals surface area contributed by atoms with Crippen LogP contribution in [0.25, 0.3) is 11.1 Å². The minimum atomic E-state index is -0.406. The summed E-state index contributed by atoms with van der Waals surface area (Å²) in [4.78, 5) is 28.8. The second-order valence-electron chi connectivity index (χ2n) is 10.7. The monoisotopic (exact) mass is 487 g/mol.